The van der Waals surface area contributed by atoms with E-state index in [2.05, 4.69) is 4.98 Å². The van der Waals surface area contributed by atoms with E-state index in [1.54, 1.807) is 30.3 Å². The van der Waals surface area contributed by atoms with E-state index in [-0.39, 0.29) is 16.6 Å². The molecule has 0 N–H and O–H groups in total. The summed E-state index contributed by atoms with van der Waals surface area (Å²) >= 11 is 5.85. The number of rotatable bonds is 1. The van der Waals surface area contributed by atoms with Gasteiger partial charge in [-0.15, -0.1) is 0 Å². The van der Waals surface area contributed by atoms with Crippen LogP contribution in [0.15, 0.2) is 18.3 Å². The lowest BCUT2D eigenvalue weighted by molar-refractivity contribution is 0.0655. The van der Waals surface area contributed by atoms with Crippen molar-refractivity contribution in [1.82, 2.24) is 9.88 Å². The highest BCUT2D eigenvalue weighted by Crippen LogP contribution is 2.18. The Morgan fingerprint density at radius 2 is 2.07 bits per heavy atom. The fourth-order valence-electron chi connectivity index (χ4n) is 1.03. The Kier molecular flexibility index (Phi) is 3.35. The molecule has 3 nitrogen and oxygen atoms in total. The first-order valence-corrected chi connectivity index (χ1v) is 5.10. The molecule has 0 saturated heterocycles. The van der Waals surface area contributed by atoms with E-state index in [0.717, 1.165) is 0 Å². The van der Waals surface area contributed by atoms with Crippen LogP contribution < -0.4 is 0 Å². The van der Waals surface area contributed by atoms with Crippen molar-refractivity contribution >= 4 is 17.5 Å². The van der Waals surface area contributed by atoms with E-state index in [1.165, 1.54) is 0 Å². The van der Waals surface area contributed by atoms with Gasteiger partial charge in [0, 0.05) is 18.8 Å². The van der Waals surface area contributed by atoms with Gasteiger partial charge in [-0.2, -0.15) is 0 Å². The monoisotopic (exact) mass is 226 g/mol. The lowest BCUT2D eigenvalue weighted by Gasteiger charge is -2.32. The van der Waals surface area contributed by atoms with Crippen molar-refractivity contribution in [2.45, 2.75) is 26.3 Å². The fourth-order valence-corrected chi connectivity index (χ4v) is 1.23. The number of pyridine rings is 1. The molecule has 1 rings (SSSR count). The van der Waals surface area contributed by atoms with E-state index in [1.807, 2.05) is 20.8 Å². The Morgan fingerprint density at radius 3 is 2.53 bits per heavy atom. The first-order valence-electron chi connectivity index (χ1n) is 4.72. The minimum Gasteiger partial charge on any atom is -0.337 e. The number of carbonyl (C=O) groups excluding carboxylic acids is 1. The van der Waals surface area contributed by atoms with E-state index in [4.69, 9.17) is 11.6 Å². The third-order valence-electron chi connectivity index (χ3n) is 2.30. The van der Waals surface area contributed by atoms with Crippen molar-refractivity contribution in [2.24, 2.45) is 0 Å². The highest BCUT2D eigenvalue weighted by Gasteiger charge is 2.24. The molecule has 0 bridgehead atoms. The maximum absolute atomic E-state index is 12.0. The lowest BCUT2D eigenvalue weighted by atomic mass is 10.1. The van der Waals surface area contributed by atoms with Crippen LogP contribution in [0.5, 0.6) is 0 Å². The summed E-state index contributed by atoms with van der Waals surface area (Å²) in [5.41, 5.74) is 0.215. The molecule has 0 atom stereocenters. The fraction of sp³-hybridized carbons (Fsp3) is 0.455. The summed E-state index contributed by atoms with van der Waals surface area (Å²) < 4.78 is 0. The van der Waals surface area contributed by atoms with Crippen molar-refractivity contribution in [3.63, 3.8) is 0 Å². The summed E-state index contributed by atoms with van der Waals surface area (Å²) in [6.45, 7) is 5.90. The molecule has 0 fully saturated rings. The van der Waals surface area contributed by atoms with Crippen LogP contribution in [0.1, 0.15) is 31.1 Å². The van der Waals surface area contributed by atoms with Gasteiger partial charge < -0.3 is 4.90 Å². The molecule has 15 heavy (non-hydrogen) atoms. The molecule has 0 unspecified atom stereocenters. The summed E-state index contributed by atoms with van der Waals surface area (Å²) in [5, 5.41) is 0.249. The molecular weight excluding hydrogens is 212 g/mol. The molecule has 1 heterocycles. The Hall–Kier alpha value is -1.09. The lowest BCUT2D eigenvalue weighted by Crippen LogP contribution is -2.42. The van der Waals surface area contributed by atoms with Crippen molar-refractivity contribution in [3.8, 4) is 0 Å². The summed E-state index contributed by atoms with van der Waals surface area (Å²) in [4.78, 5) is 17.5. The highest BCUT2D eigenvalue weighted by molar-refractivity contribution is 6.32. The third-order valence-corrected chi connectivity index (χ3v) is 2.60. The number of nitrogens with zero attached hydrogens (tertiary/aromatic N) is 2. The number of hydrogen-bond donors (Lipinski definition) is 0. The molecular formula is C11H15ClN2O. The maximum Gasteiger partial charge on any atom is 0.257 e. The van der Waals surface area contributed by atoms with Crippen LogP contribution in [0, 0.1) is 0 Å². The minimum atomic E-state index is -0.226. The largest absolute Gasteiger partial charge is 0.337 e. The zero-order valence-electron chi connectivity index (χ0n) is 9.41. The number of amides is 1. The number of halogens is 1. The average molecular weight is 227 g/mol. The maximum atomic E-state index is 12.0. The summed E-state index contributed by atoms with van der Waals surface area (Å²) in [6.07, 6.45) is 1.57. The predicted octanol–water partition coefficient (Wildman–Crippen LogP) is 2.61. The van der Waals surface area contributed by atoms with Crippen LogP contribution in [0.25, 0.3) is 0 Å². The van der Waals surface area contributed by atoms with Crippen LogP contribution in [-0.4, -0.2) is 28.4 Å². The highest BCUT2D eigenvalue weighted by atomic mass is 35.5. The zero-order chi connectivity index (χ0) is 11.6. The predicted molar refractivity (Wildman–Crippen MR) is 61.1 cm³/mol. The van der Waals surface area contributed by atoms with Crippen LogP contribution in [-0.2, 0) is 0 Å². The van der Waals surface area contributed by atoms with Crippen molar-refractivity contribution in [1.29, 1.82) is 0 Å². The Bertz CT molecular complexity index is 371. The van der Waals surface area contributed by atoms with E-state index in [0.29, 0.717) is 5.56 Å². The van der Waals surface area contributed by atoms with E-state index in [9.17, 15) is 4.79 Å². The standard InChI is InChI=1S/C11H15ClN2O/c1-11(2,3)14(4)10(15)8-6-5-7-13-9(8)12/h5-7H,1-4H3. The topological polar surface area (TPSA) is 33.2 Å². The minimum absolute atomic E-state index is 0.111. The van der Waals surface area contributed by atoms with Gasteiger partial charge in [0.1, 0.15) is 5.15 Å². The second kappa shape index (κ2) is 4.19. The first kappa shape index (κ1) is 12.0. The smallest absolute Gasteiger partial charge is 0.257 e. The quantitative estimate of drug-likeness (QED) is 0.690. The molecule has 0 radical (unpaired) electrons. The van der Waals surface area contributed by atoms with E-state index >= 15 is 0 Å². The molecule has 0 aromatic carbocycles. The van der Waals surface area contributed by atoms with Crippen LogP contribution in [0.3, 0.4) is 0 Å². The Balaban J connectivity index is 3.01. The molecule has 0 saturated carbocycles. The van der Waals surface area contributed by atoms with Gasteiger partial charge in [0.15, 0.2) is 0 Å². The van der Waals surface area contributed by atoms with Gasteiger partial charge in [-0.3, -0.25) is 4.79 Å². The second-order valence-corrected chi connectivity index (χ2v) is 4.73. The molecule has 82 valence electrons. The molecule has 1 aromatic rings. The molecule has 0 aliphatic carbocycles. The Morgan fingerprint density at radius 1 is 1.47 bits per heavy atom. The van der Waals surface area contributed by atoms with Gasteiger partial charge in [-0.1, -0.05) is 11.6 Å². The number of hydrogen-bond acceptors (Lipinski definition) is 2. The van der Waals surface area contributed by atoms with Gasteiger partial charge in [-0.25, -0.2) is 4.98 Å². The van der Waals surface area contributed by atoms with Gasteiger partial charge in [0.05, 0.1) is 5.56 Å². The van der Waals surface area contributed by atoms with Crippen molar-refractivity contribution in [3.05, 3.63) is 29.0 Å². The molecule has 1 aromatic heterocycles. The zero-order valence-corrected chi connectivity index (χ0v) is 10.2. The van der Waals surface area contributed by atoms with Gasteiger partial charge in [-0.05, 0) is 32.9 Å². The first-order chi connectivity index (χ1) is 6.84. The molecule has 0 aliphatic rings. The molecule has 1 amide bonds. The van der Waals surface area contributed by atoms with Crippen molar-refractivity contribution in [2.75, 3.05) is 7.05 Å². The summed E-state index contributed by atoms with van der Waals surface area (Å²) in [7, 11) is 1.76. The molecule has 0 aliphatic heterocycles. The normalized spacial score (nSPS) is 11.3. The average Bonchev–Trinajstić information content (AvgIpc) is 2.15. The third kappa shape index (κ3) is 2.69. The van der Waals surface area contributed by atoms with Gasteiger partial charge >= 0.3 is 0 Å². The van der Waals surface area contributed by atoms with Crippen molar-refractivity contribution < 1.29 is 4.79 Å². The number of carbonyl (C=O) groups is 1. The SMILES string of the molecule is CN(C(=O)c1cccnc1Cl)C(C)(C)C. The van der Waals surface area contributed by atoms with E-state index < -0.39 is 0 Å². The number of aromatic nitrogens is 1. The van der Waals surface area contributed by atoms with Crippen LogP contribution in [0.4, 0.5) is 0 Å². The summed E-state index contributed by atoms with van der Waals surface area (Å²) in [6, 6.07) is 3.38. The molecule has 4 heteroatoms. The second-order valence-electron chi connectivity index (χ2n) is 4.38. The Labute approximate surface area is 95.1 Å². The summed E-state index contributed by atoms with van der Waals surface area (Å²) in [5.74, 6) is -0.111. The van der Waals surface area contributed by atoms with Gasteiger partial charge in [0.25, 0.3) is 5.91 Å². The van der Waals surface area contributed by atoms with Crippen LogP contribution >= 0.6 is 11.6 Å². The van der Waals surface area contributed by atoms with Crippen LogP contribution in [0.2, 0.25) is 5.15 Å². The molecule has 0 spiro atoms. The van der Waals surface area contributed by atoms with Gasteiger partial charge in [0.2, 0.25) is 0 Å².